The molecule has 1 aromatic heterocycles. The van der Waals surface area contributed by atoms with E-state index in [0.29, 0.717) is 6.54 Å². The van der Waals surface area contributed by atoms with Crippen LogP contribution < -0.4 is 5.32 Å². The Labute approximate surface area is 109 Å². The molecule has 6 heteroatoms. The molecular formula is C12H13N3O2S. The zero-order valence-corrected chi connectivity index (χ0v) is 10.7. The van der Waals surface area contributed by atoms with Gasteiger partial charge in [-0.2, -0.15) is 0 Å². The average molecular weight is 263 g/mol. The Kier molecular flexibility index (Phi) is 4.01. The van der Waals surface area contributed by atoms with Crippen LogP contribution in [0.2, 0.25) is 0 Å². The molecule has 1 heterocycles. The van der Waals surface area contributed by atoms with Gasteiger partial charge in [0.25, 0.3) is 5.69 Å². The molecular weight excluding hydrogens is 250 g/mol. The van der Waals surface area contributed by atoms with Gasteiger partial charge in [-0.25, -0.2) is 0 Å². The Bertz CT molecular complexity index is 528. The third-order valence-electron chi connectivity index (χ3n) is 2.65. The molecule has 5 nitrogen and oxygen atoms in total. The van der Waals surface area contributed by atoms with Gasteiger partial charge in [0, 0.05) is 35.8 Å². The Morgan fingerprint density at radius 1 is 1.56 bits per heavy atom. The van der Waals surface area contributed by atoms with E-state index in [2.05, 4.69) is 10.3 Å². The fourth-order valence-electron chi connectivity index (χ4n) is 1.61. The molecule has 2 aromatic rings. The smallest absolute Gasteiger partial charge is 0.269 e. The molecule has 1 aromatic carbocycles. The molecule has 0 aliphatic heterocycles. The van der Waals surface area contributed by atoms with Crippen LogP contribution in [0.15, 0.2) is 36.0 Å². The van der Waals surface area contributed by atoms with Crippen LogP contribution in [0.3, 0.4) is 0 Å². The van der Waals surface area contributed by atoms with E-state index in [-0.39, 0.29) is 16.7 Å². The van der Waals surface area contributed by atoms with Crippen molar-refractivity contribution in [3.05, 3.63) is 56.5 Å². The molecule has 1 unspecified atom stereocenters. The maximum atomic E-state index is 10.7. The molecule has 1 N–H and O–H groups in total. The van der Waals surface area contributed by atoms with Gasteiger partial charge in [0.15, 0.2) is 0 Å². The number of nitro benzene ring substituents is 1. The van der Waals surface area contributed by atoms with Crippen LogP contribution >= 0.6 is 11.3 Å². The van der Waals surface area contributed by atoms with Crippen molar-refractivity contribution in [3.8, 4) is 0 Å². The highest BCUT2D eigenvalue weighted by atomic mass is 32.1. The summed E-state index contributed by atoms with van der Waals surface area (Å²) in [6, 6.07) is 6.76. The van der Waals surface area contributed by atoms with Crippen molar-refractivity contribution in [2.24, 2.45) is 0 Å². The van der Waals surface area contributed by atoms with E-state index >= 15 is 0 Å². The number of nitro groups is 1. The van der Waals surface area contributed by atoms with E-state index in [1.807, 2.05) is 19.2 Å². The Balaban J connectivity index is 2.02. The summed E-state index contributed by atoms with van der Waals surface area (Å²) in [6.07, 6.45) is 1.82. The first-order chi connectivity index (χ1) is 8.66. The number of non-ortho nitro benzene ring substituents is 1. The lowest BCUT2D eigenvalue weighted by Gasteiger charge is -2.13. The summed E-state index contributed by atoms with van der Waals surface area (Å²) in [7, 11) is 0. The maximum Gasteiger partial charge on any atom is 0.269 e. The van der Waals surface area contributed by atoms with Gasteiger partial charge in [-0.15, -0.1) is 11.3 Å². The molecule has 0 radical (unpaired) electrons. The lowest BCUT2D eigenvalue weighted by Crippen LogP contribution is -2.17. The van der Waals surface area contributed by atoms with Crippen molar-refractivity contribution in [1.82, 2.24) is 10.3 Å². The van der Waals surface area contributed by atoms with Crippen LogP contribution in [0.4, 0.5) is 5.69 Å². The molecule has 94 valence electrons. The number of rotatable bonds is 5. The monoisotopic (exact) mass is 263 g/mol. The minimum Gasteiger partial charge on any atom is -0.305 e. The quantitative estimate of drug-likeness (QED) is 0.665. The third kappa shape index (κ3) is 3.12. The summed E-state index contributed by atoms with van der Waals surface area (Å²) in [5.74, 6) is 0. The van der Waals surface area contributed by atoms with Crippen LogP contribution in [-0.4, -0.2) is 9.91 Å². The largest absolute Gasteiger partial charge is 0.305 e. The van der Waals surface area contributed by atoms with Gasteiger partial charge >= 0.3 is 0 Å². The number of thiazole rings is 1. The van der Waals surface area contributed by atoms with E-state index in [1.165, 1.54) is 6.07 Å². The van der Waals surface area contributed by atoms with Crippen LogP contribution in [-0.2, 0) is 6.54 Å². The molecule has 0 aliphatic carbocycles. The lowest BCUT2D eigenvalue weighted by molar-refractivity contribution is -0.384. The summed E-state index contributed by atoms with van der Waals surface area (Å²) < 4.78 is 0. The van der Waals surface area contributed by atoms with Crippen molar-refractivity contribution < 1.29 is 4.92 Å². The van der Waals surface area contributed by atoms with Crippen molar-refractivity contribution in [1.29, 1.82) is 0 Å². The molecule has 0 fully saturated rings. The summed E-state index contributed by atoms with van der Waals surface area (Å²) in [5.41, 5.74) is 2.82. The highest BCUT2D eigenvalue weighted by Gasteiger charge is 2.10. The second-order valence-corrected chi connectivity index (χ2v) is 4.89. The van der Waals surface area contributed by atoms with E-state index in [9.17, 15) is 10.1 Å². The molecule has 0 aliphatic rings. The first-order valence-electron chi connectivity index (χ1n) is 5.52. The summed E-state index contributed by atoms with van der Waals surface area (Å²) in [6.45, 7) is 2.70. The second kappa shape index (κ2) is 5.70. The van der Waals surface area contributed by atoms with Gasteiger partial charge in [0.05, 0.1) is 10.4 Å². The number of aromatic nitrogens is 1. The minimum atomic E-state index is -0.376. The topological polar surface area (TPSA) is 68.1 Å². The normalized spacial score (nSPS) is 12.3. The van der Waals surface area contributed by atoms with E-state index in [4.69, 9.17) is 0 Å². The minimum absolute atomic E-state index is 0.0620. The first-order valence-corrected chi connectivity index (χ1v) is 6.40. The van der Waals surface area contributed by atoms with Crippen molar-refractivity contribution >= 4 is 17.0 Å². The van der Waals surface area contributed by atoms with Crippen molar-refractivity contribution in [3.63, 3.8) is 0 Å². The predicted molar refractivity (Wildman–Crippen MR) is 70.5 cm³/mol. The van der Waals surface area contributed by atoms with E-state index < -0.39 is 0 Å². The van der Waals surface area contributed by atoms with Crippen molar-refractivity contribution in [2.45, 2.75) is 19.5 Å². The Morgan fingerprint density at radius 2 is 2.39 bits per heavy atom. The molecule has 1 atom stereocenters. The SMILES string of the molecule is CC(NCc1cncs1)c1cccc([N+](=O)[O-])c1. The predicted octanol–water partition coefficient (Wildman–Crippen LogP) is 2.90. The van der Waals surface area contributed by atoms with Gasteiger partial charge in [-0.3, -0.25) is 15.1 Å². The summed E-state index contributed by atoms with van der Waals surface area (Å²) in [5, 5.41) is 14.0. The standard InChI is InChI=1S/C12H13N3O2S/c1-9(14-7-12-6-13-8-18-12)10-3-2-4-11(5-10)15(16)17/h2-6,8-9,14H,7H2,1H3. The number of hydrogen-bond acceptors (Lipinski definition) is 5. The Morgan fingerprint density at radius 3 is 3.06 bits per heavy atom. The molecule has 0 amide bonds. The van der Waals surface area contributed by atoms with Gasteiger partial charge < -0.3 is 5.32 Å². The Hall–Kier alpha value is -1.79. The van der Waals surface area contributed by atoms with Crippen LogP contribution in [0.25, 0.3) is 0 Å². The van der Waals surface area contributed by atoms with Gasteiger partial charge in [0.2, 0.25) is 0 Å². The molecule has 2 rings (SSSR count). The van der Waals surface area contributed by atoms with Crippen LogP contribution in [0.5, 0.6) is 0 Å². The molecule has 0 spiro atoms. The lowest BCUT2D eigenvalue weighted by atomic mass is 10.1. The fourth-order valence-corrected chi connectivity index (χ4v) is 2.15. The van der Waals surface area contributed by atoms with Crippen LogP contribution in [0, 0.1) is 10.1 Å². The summed E-state index contributed by atoms with van der Waals surface area (Å²) >= 11 is 1.59. The zero-order valence-electron chi connectivity index (χ0n) is 9.87. The average Bonchev–Trinajstić information content (AvgIpc) is 2.89. The van der Waals surface area contributed by atoms with E-state index in [1.54, 1.807) is 29.0 Å². The molecule has 0 bridgehead atoms. The maximum absolute atomic E-state index is 10.7. The number of benzene rings is 1. The molecule has 18 heavy (non-hydrogen) atoms. The number of nitrogens with one attached hydrogen (secondary N) is 1. The highest BCUT2D eigenvalue weighted by molar-refractivity contribution is 7.09. The summed E-state index contributed by atoms with van der Waals surface area (Å²) in [4.78, 5) is 15.5. The number of nitrogens with zero attached hydrogens (tertiary/aromatic N) is 2. The molecule has 0 saturated carbocycles. The van der Waals surface area contributed by atoms with Gasteiger partial charge in [0.1, 0.15) is 0 Å². The van der Waals surface area contributed by atoms with Crippen LogP contribution in [0.1, 0.15) is 23.4 Å². The van der Waals surface area contributed by atoms with Gasteiger partial charge in [-0.05, 0) is 12.5 Å². The fraction of sp³-hybridized carbons (Fsp3) is 0.250. The highest BCUT2D eigenvalue weighted by Crippen LogP contribution is 2.19. The second-order valence-electron chi connectivity index (χ2n) is 3.92. The van der Waals surface area contributed by atoms with Gasteiger partial charge in [-0.1, -0.05) is 12.1 Å². The molecule has 0 saturated heterocycles. The number of hydrogen-bond donors (Lipinski definition) is 1. The van der Waals surface area contributed by atoms with Crippen molar-refractivity contribution in [2.75, 3.05) is 0 Å². The van der Waals surface area contributed by atoms with E-state index in [0.717, 1.165) is 10.4 Å². The first kappa shape index (κ1) is 12.7. The third-order valence-corrected chi connectivity index (χ3v) is 3.43. The zero-order chi connectivity index (χ0) is 13.0.